The molecule has 1 aromatic carbocycles. The average molecular weight is 440 g/mol. The van der Waals surface area contributed by atoms with Crippen molar-refractivity contribution in [3.05, 3.63) is 47.5 Å². The number of esters is 1. The summed E-state index contributed by atoms with van der Waals surface area (Å²) in [6.07, 6.45) is 6.48. The van der Waals surface area contributed by atoms with E-state index in [1.165, 1.54) is 5.57 Å². The largest absolute Gasteiger partial charge is 0.461 e. The molecule has 0 radical (unpaired) electrons. The quantitative estimate of drug-likeness (QED) is 0.556. The third-order valence-corrected chi connectivity index (χ3v) is 9.19. The molecule has 4 aliphatic rings. The Labute approximate surface area is 191 Å². The number of benzene rings is 1. The minimum Gasteiger partial charge on any atom is -0.461 e. The van der Waals surface area contributed by atoms with Crippen LogP contribution in [0, 0.1) is 23.2 Å². The Morgan fingerprint density at radius 2 is 1.91 bits per heavy atom. The molecule has 1 saturated carbocycles. The molecule has 2 N–H and O–H groups in total. The molecule has 32 heavy (non-hydrogen) atoms. The summed E-state index contributed by atoms with van der Waals surface area (Å²) in [5.41, 5.74) is 1.49. The van der Waals surface area contributed by atoms with Crippen molar-refractivity contribution in [2.45, 2.75) is 70.2 Å². The zero-order valence-electron chi connectivity index (χ0n) is 19.4. The molecule has 3 fully saturated rings. The SMILES string of the molecule is C[C@@H]1CCC=C2C[C@H]3OC(=O)[C@H](CN4CCC(O)(Cc5ccccc5)CC4)[C@H]3[C@@H](O)[C@@]21C. The summed E-state index contributed by atoms with van der Waals surface area (Å²) in [5, 5.41) is 22.7. The fraction of sp³-hybridized carbons (Fsp3) is 0.667. The number of allylic oxidation sites excluding steroid dienone is 1. The van der Waals surface area contributed by atoms with Crippen molar-refractivity contribution in [2.24, 2.45) is 23.2 Å². The first kappa shape index (κ1) is 22.1. The minimum atomic E-state index is -0.689. The highest BCUT2D eigenvalue weighted by molar-refractivity contribution is 5.76. The molecule has 2 aliphatic carbocycles. The van der Waals surface area contributed by atoms with E-state index < -0.39 is 11.7 Å². The van der Waals surface area contributed by atoms with Gasteiger partial charge in [0, 0.05) is 43.8 Å². The van der Waals surface area contributed by atoms with E-state index >= 15 is 0 Å². The molecule has 1 aromatic rings. The first-order chi connectivity index (χ1) is 15.3. The van der Waals surface area contributed by atoms with E-state index in [4.69, 9.17) is 4.74 Å². The maximum absolute atomic E-state index is 12.9. The van der Waals surface area contributed by atoms with Crippen LogP contribution in [0.25, 0.3) is 0 Å². The molecule has 174 valence electrons. The molecule has 2 heterocycles. The molecule has 0 unspecified atom stereocenters. The molecule has 2 saturated heterocycles. The van der Waals surface area contributed by atoms with E-state index in [1.54, 1.807) is 0 Å². The van der Waals surface area contributed by atoms with Gasteiger partial charge in [-0.15, -0.1) is 0 Å². The highest BCUT2D eigenvalue weighted by Crippen LogP contribution is 2.56. The van der Waals surface area contributed by atoms with Crippen molar-refractivity contribution >= 4 is 5.97 Å². The second-order valence-electron chi connectivity index (χ2n) is 11.0. The first-order valence-electron chi connectivity index (χ1n) is 12.4. The number of aliphatic hydroxyl groups excluding tert-OH is 1. The number of hydrogen-bond acceptors (Lipinski definition) is 5. The van der Waals surface area contributed by atoms with Crippen LogP contribution in [0.1, 0.15) is 51.5 Å². The zero-order valence-corrected chi connectivity index (χ0v) is 19.4. The summed E-state index contributed by atoms with van der Waals surface area (Å²) in [7, 11) is 0. The van der Waals surface area contributed by atoms with Crippen molar-refractivity contribution in [3.63, 3.8) is 0 Å². The van der Waals surface area contributed by atoms with Crippen LogP contribution in [0.3, 0.4) is 0 Å². The number of ether oxygens (including phenoxy) is 1. The van der Waals surface area contributed by atoms with Crippen LogP contribution in [0.4, 0.5) is 0 Å². The van der Waals surface area contributed by atoms with Crippen LogP contribution >= 0.6 is 0 Å². The number of likely N-dealkylation sites (tertiary alicyclic amines) is 1. The number of carbonyl (C=O) groups is 1. The smallest absolute Gasteiger partial charge is 0.311 e. The van der Waals surface area contributed by atoms with Crippen LogP contribution < -0.4 is 0 Å². The third kappa shape index (κ3) is 3.72. The number of nitrogens with zero attached hydrogens (tertiary/aromatic N) is 1. The van der Waals surface area contributed by atoms with Crippen LogP contribution in [0.5, 0.6) is 0 Å². The van der Waals surface area contributed by atoms with Gasteiger partial charge in [-0.1, -0.05) is 55.8 Å². The van der Waals surface area contributed by atoms with Gasteiger partial charge < -0.3 is 19.8 Å². The van der Waals surface area contributed by atoms with Gasteiger partial charge in [-0.2, -0.15) is 0 Å². The number of rotatable bonds is 4. The first-order valence-corrected chi connectivity index (χ1v) is 12.4. The van der Waals surface area contributed by atoms with Crippen molar-refractivity contribution in [3.8, 4) is 0 Å². The van der Waals surface area contributed by atoms with Gasteiger partial charge >= 0.3 is 5.97 Å². The summed E-state index contributed by atoms with van der Waals surface area (Å²) in [4.78, 5) is 15.2. The molecule has 0 spiro atoms. The standard InChI is InChI=1S/C27H37NO4/c1-18-7-6-10-20-15-22-23(24(29)26(18,20)2)21(25(30)32-22)17-28-13-11-27(31,12-14-28)16-19-8-4-3-5-9-19/h3-5,8-10,18,21-24,29,31H,6-7,11-17H2,1-2H3/t18-,21-,22-,23-,24-,26-/m1/s1. The number of fused-ring (bicyclic) bond motifs is 2. The van der Waals surface area contributed by atoms with Gasteiger partial charge in [-0.05, 0) is 37.2 Å². The lowest BCUT2D eigenvalue weighted by Gasteiger charge is -2.52. The van der Waals surface area contributed by atoms with Gasteiger partial charge in [0.1, 0.15) is 6.10 Å². The van der Waals surface area contributed by atoms with Crippen LogP contribution in [0.2, 0.25) is 0 Å². The lowest BCUT2D eigenvalue weighted by atomic mass is 9.55. The summed E-state index contributed by atoms with van der Waals surface area (Å²) >= 11 is 0. The summed E-state index contributed by atoms with van der Waals surface area (Å²) in [6, 6.07) is 10.2. The lowest BCUT2D eigenvalue weighted by molar-refractivity contribution is -0.145. The molecule has 0 amide bonds. The molecular formula is C27H37NO4. The maximum atomic E-state index is 12.9. The van der Waals surface area contributed by atoms with Crippen molar-refractivity contribution in [2.75, 3.05) is 19.6 Å². The Hall–Kier alpha value is -1.69. The summed E-state index contributed by atoms with van der Waals surface area (Å²) < 4.78 is 5.82. The Kier molecular flexibility index (Phi) is 5.71. The lowest BCUT2D eigenvalue weighted by Crippen LogP contribution is -2.55. The second-order valence-corrected chi connectivity index (χ2v) is 11.0. The van der Waals surface area contributed by atoms with Crippen LogP contribution in [-0.2, 0) is 16.0 Å². The molecule has 5 nitrogen and oxygen atoms in total. The Bertz CT molecular complexity index is 875. The van der Waals surface area contributed by atoms with Gasteiger partial charge in [0.05, 0.1) is 17.6 Å². The Morgan fingerprint density at radius 1 is 1.19 bits per heavy atom. The fourth-order valence-electron chi connectivity index (χ4n) is 6.86. The molecule has 6 atom stereocenters. The molecule has 2 aliphatic heterocycles. The normalized spacial score (nSPS) is 39.1. The topological polar surface area (TPSA) is 70.0 Å². The highest BCUT2D eigenvalue weighted by Gasteiger charge is 2.59. The number of aliphatic hydroxyl groups is 2. The summed E-state index contributed by atoms with van der Waals surface area (Å²) in [6.45, 7) is 6.57. The van der Waals surface area contributed by atoms with E-state index in [1.807, 2.05) is 18.2 Å². The fourth-order valence-corrected chi connectivity index (χ4v) is 6.86. The molecule has 0 bridgehead atoms. The van der Waals surface area contributed by atoms with E-state index in [-0.39, 0.29) is 29.3 Å². The van der Waals surface area contributed by atoms with Gasteiger partial charge in [-0.3, -0.25) is 4.79 Å². The van der Waals surface area contributed by atoms with Gasteiger partial charge in [0.15, 0.2) is 0 Å². The Morgan fingerprint density at radius 3 is 2.62 bits per heavy atom. The van der Waals surface area contributed by atoms with Crippen LogP contribution in [0.15, 0.2) is 42.0 Å². The number of hydrogen-bond donors (Lipinski definition) is 2. The number of carbonyl (C=O) groups excluding carboxylic acids is 1. The van der Waals surface area contributed by atoms with Crippen molar-refractivity contribution in [1.29, 1.82) is 0 Å². The third-order valence-electron chi connectivity index (χ3n) is 9.19. The van der Waals surface area contributed by atoms with E-state index in [0.717, 1.165) is 37.9 Å². The van der Waals surface area contributed by atoms with E-state index in [9.17, 15) is 15.0 Å². The van der Waals surface area contributed by atoms with Crippen LogP contribution in [-0.4, -0.2) is 58.5 Å². The predicted molar refractivity (Wildman–Crippen MR) is 123 cm³/mol. The van der Waals surface area contributed by atoms with Crippen molar-refractivity contribution < 1.29 is 19.7 Å². The van der Waals surface area contributed by atoms with E-state index in [2.05, 4.69) is 37.0 Å². The van der Waals surface area contributed by atoms with Crippen molar-refractivity contribution in [1.82, 2.24) is 4.90 Å². The second kappa shape index (κ2) is 8.27. The molecule has 0 aromatic heterocycles. The summed E-state index contributed by atoms with van der Waals surface area (Å²) in [5.74, 6) is -0.185. The predicted octanol–water partition coefficient (Wildman–Crippen LogP) is 3.34. The van der Waals surface area contributed by atoms with Gasteiger partial charge in [-0.25, -0.2) is 0 Å². The monoisotopic (exact) mass is 439 g/mol. The minimum absolute atomic E-state index is 0.143. The van der Waals surface area contributed by atoms with Gasteiger partial charge in [0.25, 0.3) is 0 Å². The van der Waals surface area contributed by atoms with Gasteiger partial charge in [0.2, 0.25) is 0 Å². The molecular weight excluding hydrogens is 402 g/mol. The number of piperidine rings is 1. The molecule has 5 heteroatoms. The zero-order chi connectivity index (χ0) is 22.5. The maximum Gasteiger partial charge on any atom is 0.311 e. The van der Waals surface area contributed by atoms with E-state index in [0.29, 0.717) is 31.7 Å². The average Bonchev–Trinajstić information content (AvgIpc) is 3.08. The Balaban J connectivity index is 1.26. The highest BCUT2D eigenvalue weighted by atomic mass is 16.6. The molecule has 5 rings (SSSR count).